The molecule has 0 radical (unpaired) electrons. The van der Waals surface area contributed by atoms with Crippen molar-refractivity contribution in [2.24, 2.45) is 5.41 Å². The predicted octanol–water partition coefficient (Wildman–Crippen LogP) is 2.61. The molecule has 1 aromatic rings. The predicted molar refractivity (Wildman–Crippen MR) is 78.8 cm³/mol. The standard InChI is InChI=1S/C17H20FNO3/c18-14-6-2-1-4-12(14)11-17(7-8-17)16(22)19-9-3-5-13(19)10-15(20)21/h1-2,4,6,13H,3,5,7-11H2,(H,20,21). The number of likely N-dealkylation sites (tertiary alicyclic amines) is 1. The van der Waals surface area contributed by atoms with E-state index in [4.69, 9.17) is 5.11 Å². The third kappa shape index (κ3) is 2.85. The number of amides is 1. The molecule has 1 aliphatic heterocycles. The van der Waals surface area contributed by atoms with Crippen molar-refractivity contribution in [3.05, 3.63) is 35.6 Å². The molecule has 1 aromatic carbocycles. The molecule has 0 bridgehead atoms. The van der Waals surface area contributed by atoms with Crippen LogP contribution in [0.5, 0.6) is 0 Å². The molecule has 5 heteroatoms. The number of aliphatic carboxylic acids is 1. The molecule has 1 saturated heterocycles. The van der Waals surface area contributed by atoms with E-state index < -0.39 is 11.4 Å². The number of hydrogen-bond acceptors (Lipinski definition) is 2. The van der Waals surface area contributed by atoms with Crippen molar-refractivity contribution in [2.45, 2.75) is 44.6 Å². The summed E-state index contributed by atoms with van der Waals surface area (Å²) < 4.78 is 13.8. The molecule has 1 unspecified atom stereocenters. The lowest BCUT2D eigenvalue weighted by Crippen LogP contribution is -2.42. The molecule has 1 N–H and O–H groups in total. The van der Waals surface area contributed by atoms with E-state index in [1.165, 1.54) is 6.07 Å². The second kappa shape index (κ2) is 5.71. The van der Waals surface area contributed by atoms with Gasteiger partial charge in [-0.05, 0) is 43.7 Å². The van der Waals surface area contributed by atoms with Crippen LogP contribution in [0.15, 0.2) is 24.3 Å². The first-order valence-electron chi connectivity index (χ1n) is 7.78. The number of carbonyl (C=O) groups is 2. The van der Waals surface area contributed by atoms with Gasteiger partial charge in [0.2, 0.25) is 5.91 Å². The highest BCUT2D eigenvalue weighted by atomic mass is 19.1. The molecule has 1 amide bonds. The molecular formula is C17H20FNO3. The Labute approximate surface area is 128 Å². The van der Waals surface area contributed by atoms with E-state index in [1.54, 1.807) is 23.1 Å². The van der Waals surface area contributed by atoms with Gasteiger partial charge in [0.15, 0.2) is 0 Å². The zero-order valence-corrected chi connectivity index (χ0v) is 12.4. The SMILES string of the molecule is O=C(O)CC1CCCN1C(=O)C1(Cc2ccccc2F)CC1. The Hall–Kier alpha value is -1.91. The van der Waals surface area contributed by atoms with E-state index in [1.807, 2.05) is 0 Å². The summed E-state index contributed by atoms with van der Waals surface area (Å²) in [6, 6.07) is 6.36. The monoisotopic (exact) mass is 305 g/mol. The van der Waals surface area contributed by atoms with E-state index in [2.05, 4.69) is 0 Å². The molecule has 3 rings (SSSR count). The Bertz CT molecular complexity index is 597. The number of carboxylic acid groups (broad SMARTS) is 1. The average Bonchev–Trinajstić information content (AvgIpc) is 3.12. The van der Waals surface area contributed by atoms with Gasteiger partial charge in [-0.15, -0.1) is 0 Å². The van der Waals surface area contributed by atoms with Gasteiger partial charge in [0, 0.05) is 12.6 Å². The van der Waals surface area contributed by atoms with Gasteiger partial charge < -0.3 is 10.0 Å². The van der Waals surface area contributed by atoms with Crippen molar-refractivity contribution >= 4 is 11.9 Å². The minimum atomic E-state index is -0.872. The minimum absolute atomic E-state index is 0.00151. The topological polar surface area (TPSA) is 57.6 Å². The van der Waals surface area contributed by atoms with E-state index in [-0.39, 0.29) is 24.2 Å². The molecule has 0 aromatic heterocycles. The van der Waals surface area contributed by atoms with E-state index in [0.29, 0.717) is 18.5 Å². The maximum atomic E-state index is 13.8. The van der Waals surface area contributed by atoms with Crippen molar-refractivity contribution in [1.29, 1.82) is 0 Å². The van der Waals surface area contributed by atoms with Gasteiger partial charge >= 0.3 is 5.97 Å². The van der Waals surface area contributed by atoms with Crippen LogP contribution in [0.2, 0.25) is 0 Å². The lowest BCUT2D eigenvalue weighted by molar-refractivity contribution is -0.142. The highest BCUT2D eigenvalue weighted by Gasteiger charge is 2.53. The molecule has 1 atom stereocenters. The van der Waals surface area contributed by atoms with Crippen LogP contribution in [0.1, 0.15) is 37.7 Å². The summed E-state index contributed by atoms with van der Waals surface area (Å²) in [6.07, 6.45) is 3.52. The summed E-state index contributed by atoms with van der Waals surface area (Å²) in [7, 11) is 0. The van der Waals surface area contributed by atoms with E-state index >= 15 is 0 Å². The van der Waals surface area contributed by atoms with Crippen LogP contribution in [0.3, 0.4) is 0 Å². The molecule has 1 heterocycles. The van der Waals surface area contributed by atoms with Gasteiger partial charge in [-0.1, -0.05) is 18.2 Å². The summed E-state index contributed by atoms with van der Waals surface area (Å²) in [6.45, 7) is 0.621. The van der Waals surface area contributed by atoms with Crippen LogP contribution in [0, 0.1) is 11.2 Å². The first kappa shape index (κ1) is 15.0. The number of carbonyl (C=O) groups excluding carboxylic acids is 1. The highest BCUT2D eigenvalue weighted by molar-refractivity contribution is 5.86. The lowest BCUT2D eigenvalue weighted by Gasteiger charge is -2.28. The fourth-order valence-corrected chi connectivity index (χ4v) is 3.44. The molecule has 1 saturated carbocycles. The molecule has 22 heavy (non-hydrogen) atoms. The van der Waals surface area contributed by atoms with Crippen LogP contribution >= 0.6 is 0 Å². The van der Waals surface area contributed by atoms with Crippen LogP contribution in [-0.4, -0.2) is 34.5 Å². The molecule has 2 fully saturated rings. The summed E-state index contributed by atoms with van der Waals surface area (Å²) >= 11 is 0. The third-order valence-corrected chi connectivity index (χ3v) is 4.84. The Morgan fingerprint density at radius 2 is 2.05 bits per heavy atom. The zero-order chi connectivity index (χ0) is 15.7. The van der Waals surface area contributed by atoms with Crippen molar-refractivity contribution in [2.75, 3.05) is 6.54 Å². The fourth-order valence-electron chi connectivity index (χ4n) is 3.44. The van der Waals surface area contributed by atoms with Crippen molar-refractivity contribution in [1.82, 2.24) is 4.90 Å². The minimum Gasteiger partial charge on any atom is -0.481 e. The number of carboxylic acids is 1. The number of nitrogens with zero attached hydrogens (tertiary/aromatic N) is 1. The zero-order valence-electron chi connectivity index (χ0n) is 12.4. The van der Waals surface area contributed by atoms with Gasteiger partial charge in [-0.25, -0.2) is 4.39 Å². The Kier molecular flexibility index (Phi) is 3.89. The molecular weight excluding hydrogens is 285 g/mol. The second-order valence-corrected chi connectivity index (χ2v) is 6.44. The van der Waals surface area contributed by atoms with Crippen molar-refractivity contribution in [3.63, 3.8) is 0 Å². The Morgan fingerprint density at radius 1 is 1.32 bits per heavy atom. The largest absolute Gasteiger partial charge is 0.481 e. The Morgan fingerprint density at radius 3 is 2.68 bits per heavy atom. The molecule has 2 aliphatic rings. The van der Waals surface area contributed by atoms with Crippen LogP contribution in [0.4, 0.5) is 4.39 Å². The second-order valence-electron chi connectivity index (χ2n) is 6.44. The first-order chi connectivity index (χ1) is 10.5. The summed E-state index contributed by atoms with van der Waals surface area (Å²) in [4.78, 5) is 25.5. The third-order valence-electron chi connectivity index (χ3n) is 4.84. The lowest BCUT2D eigenvalue weighted by atomic mass is 9.94. The van der Waals surface area contributed by atoms with Crippen LogP contribution in [0.25, 0.3) is 0 Å². The van der Waals surface area contributed by atoms with Crippen molar-refractivity contribution < 1.29 is 19.1 Å². The van der Waals surface area contributed by atoms with Crippen LogP contribution < -0.4 is 0 Å². The molecule has 0 spiro atoms. The average molecular weight is 305 g/mol. The molecule has 4 nitrogen and oxygen atoms in total. The number of benzene rings is 1. The normalized spacial score (nSPS) is 22.6. The molecule has 1 aliphatic carbocycles. The van der Waals surface area contributed by atoms with Gasteiger partial charge in [0.25, 0.3) is 0 Å². The fraction of sp³-hybridized carbons (Fsp3) is 0.529. The quantitative estimate of drug-likeness (QED) is 0.909. The van der Waals surface area contributed by atoms with Crippen molar-refractivity contribution in [3.8, 4) is 0 Å². The highest BCUT2D eigenvalue weighted by Crippen LogP contribution is 2.51. The number of rotatable bonds is 5. The van der Waals surface area contributed by atoms with Gasteiger partial charge in [0.1, 0.15) is 5.82 Å². The van der Waals surface area contributed by atoms with Gasteiger partial charge in [-0.3, -0.25) is 9.59 Å². The molecule has 118 valence electrons. The number of hydrogen-bond donors (Lipinski definition) is 1. The van der Waals surface area contributed by atoms with E-state index in [9.17, 15) is 14.0 Å². The van der Waals surface area contributed by atoms with Crippen LogP contribution in [-0.2, 0) is 16.0 Å². The van der Waals surface area contributed by atoms with E-state index in [0.717, 1.165) is 25.7 Å². The van der Waals surface area contributed by atoms with Gasteiger partial charge in [0.05, 0.1) is 11.8 Å². The van der Waals surface area contributed by atoms with Gasteiger partial charge in [-0.2, -0.15) is 0 Å². The maximum Gasteiger partial charge on any atom is 0.305 e. The Balaban J connectivity index is 1.74. The summed E-state index contributed by atoms with van der Waals surface area (Å²) in [5, 5.41) is 8.98. The summed E-state index contributed by atoms with van der Waals surface area (Å²) in [5.74, 6) is -1.13. The smallest absolute Gasteiger partial charge is 0.305 e. The first-order valence-corrected chi connectivity index (χ1v) is 7.78. The summed E-state index contributed by atoms with van der Waals surface area (Å²) in [5.41, 5.74) is 0.0610. The maximum absolute atomic E-state index is 13.8. The number of halogens is 1.